The summed E-state index contributed by atoms with van der Waals surface area (Å²) in [6.07, 6.45) is -5.02. The average Bonchev–Trinajstić information content (AvgIpc) is 2.73. The molecule has 0 saturated heterocycles. The molecule has 174 valence electrons. The number of hydrogen-bond acceptors (Lipinski definition) is 4. The molecule has 0 radical (unpaired) electrons. The molecular weight excluding hydrogens is 458 g/mol. The topological polar surface area (TPSA) is 94.4 Å². The average molecular weight is 472 g/mol. The molecule has 1 amide bonds. The van der Waals surface area contributed by atoms with Crippen LogP contribution in [0.3, 0.4) is 0 Å². The summed E-state index contributed by atoms with van der Waals surface area (Å²) >= 11 is 0. The van der Waals surface area contributed by atoms with Gasteiger partial charge in [-0.3, -0.25) is 9.59 Å². The number of ether oxygens (including phenoxy) is 2. The fourth-order valence-corrected chi connectivity index (χ4v) is 3.02. The van der Waals surface area contributed by atoms with E-state index in [9.17, 15) is 35.9 Å². The lowest BCUT2D eigenvalue weighted by Gasteiger charge is -2.25. The first-order chi connectivity index (χ1) is 15.4. The number of methoxy groups -OCH3 is 1. The minimum atomic E-state index is -6.03. The Hall–Kier alpha value is -3.96. The molecule has 6 nitrogen and oxygen atoms in total. The largest absolute Gasteiger partial charge is 0.493 e. The summed E-state index contributed by atoms with van der Waals surface area (Å²) in [4.78, 5) is 26.0. The summed E-state index contributed by atoms with van der Waals surface area (Å²) in [5.41, 5.74) is 0.970. The number of nitrogens with two attached hydrogens (primary N) is 1. The van der Waals surface area contributed by atoms with Gasteiger partial charge in [0.25, 0.3) is 5.91 Å². The predicted octanol–water partition coefficient (Wildman–Crippen LogP) is 4.73. The smallest absolute Gasteiger partial charge is 0.458 e. The van der Waals surface area contributed by atoms with Crippen molar-refractivity contribution in [1.82, 2.24) is 4.98 Å². The van der Waals surface area contributed by atoms with Gasteiger partial charge in [-0.25, -0.2) is 4.39 Å². The molecule has 1 heterocycles. The second kappa shape index (κ2) is 8.52. The molecule has 0 aliphatic rings. The number of amides is 1. The lowest BCUT2D eigenvalue weighted by atomic mass is 9.92. The van der Waals surface area contributed by atoms with Crippen LogP contribution in [0, 0.1) is 5.82 Å². The zero-order valence-electron chi connectivity index (χ0n) is 16.6. The number of primary amides is 1. The number of alkyl halides is 5. The number of benzene rings is 2. The molecule has 3 N–H and O–H groups in total. The summed E-state index contributed by atoms with van der Waals surface area (Å²) < 4.78 is 92.8. The van der Waals surface area contributed by atoms with Crippen LogP contribution in [-0.4, -0.2) is 24.2 Å². The molecule has 0 unspecified atom stereocenters. The first kappa shape index (κ1) is 23.7. The molecule has 33 heavy (non-hydrogen) atoms. The van der Waals surface area contributed by atoms with Crippen LogP contribution in [0.25, 0.3) is 11.1 Å². The molecule has 0 fully saturated rings. The van der Waals surface area contributed by atoms with E-state index in [0.717, 1.165) is 43.6 Å². The Bertz CT molecular complexity index is 1270. The van der Waals surface area contributed by atoms with Gasteiger partial charge < -0.3 is 20.2 Å². The summed E-state index contributed by atoms with van der Waals surface area (Å²) in [7, 11) is 1.13. The van der Waals surface area contributed by atoms with Gasteiger partial charge in [0.15, 0.2) is 11.5 Å². The van der Waals surface area contributed by atoms with E-state index in [1.807, 2.05) is 0 Å². The Morgan fingerprint density at radius 1 is 1.00 bits per heavy atom. The van der Waals surface area contributed by atoms with Crippen LogP contribution >= 0.6 is 0 Å². The van der Waals surface area contributed by atoms with Crippen molar-refractivity contribution in [3.05, 3.63) is 76.0 Å². The van der Waals surface area contributed by atoms with Crippen LogP contribution in [0.4, 0.5) is 26.3 Å². The van der Waals surface area contributed by atoms with Gasteiger partial charge in [-0.05, 0) is 29.8 Å². The number of H-pyrrole nitrogens is 1. The van der Waals surface area contributed by atoms with E-state index < -0.39 is 57.4 Å². The SMILES string of the molecule is COc1cc(F)ccc1Oc1c(C(N)=O)ccc(C(F)(F)C(F)(F)F)c1-c1cc[nH]c(=O)c1. The highest BCUT2D eigenvalue weighted by molar-refractivity contribution is 5.99. The van der Waals surface area contributed by atoms with Crippen molar-refractivity contribution in [2.45, 2.75) is 12.1 Å². The fourth-order valence-electron chi connectivity index (χ4n) is 3.02. The van der Waals surface area contributed by atoms with E-state index in [1.165, 1.54) is 0 Å². The van der Waals surface area contributed by atoms with Crippen LogP contribution in [0.1, 0.15) is 15.9 Å². The van der Waals surface area contributed by atoms with Gasteiger partial charge in [-0.2, -0.15) is 22.0 Å². The molecule has 1 aromatic heterocycles. The highest BCUT2D eigenvalue weighted by atomic mass is 19.4. The Kier molecular flexibility index (Phi) is 6.12. The van der Waals surface area contributed by atoms with Gasteiger partial charge in [-0.15, -0.1) is 0 Å². The highest BCUT2D eigenvalue weighted by Crippen LogP contribution is 2.51. The van der Waals surface area contributed by atoms with Crippen molar-refractivity contribution < 1.29 is 40.6 Å². The third-order valence-corrected chi connectivity index (χ3v) is 4.52. The van der Waals surface area contributed by atoms with E-state index in [1.54, 1.807) is 0 Å². The standard InChI is InChI=1S/C21H14F6N2O4/c1-32-15-9-11(22)2-5-14(15)33-18-12(19(28)31)3-4-13(20(23,24)21(25,26)27)17(18)10-6-7-29-16(30)8-10/h2-9H,1H3,(H2,28,31)(H,29,30). The Morgan fingerprint density at radius 2 is 1.70 bits per heavy atom. The zero-order valence-corrected chi connectivity index (χ0v) is 16.6. The number of aromatic nitrogens is 1. The number of nitrogens with one attached hydrogen (secondary N) is 1. The van der Waals surface area contributed by atoms with Crippen molar-refractivity contribution in [2.24, 2.45) is 5.73 Å². The Balaban J connectivity index is 2.43. The maximum absolute atomic E-state index is 14.5. The molecule has 2 aromatic carbocycles. The molecule has 0 bridgehead atoms. The summed E-state index contributed by atoms with van der Waals surface area (Å²) in [5, 5.41) is 0. The van der Waals surface area contributed by atoms with E-state index in [-0.39, 0.29) is 11.5 Å². The molecule has 0 aliphatic heterocycles. The minimum absolute atomic E-state index is 0.254. The second-order valence-electron chi connectivity index (χ2n) is 6.64. The number of halogens is 6. The van der Waals surface area contributed by atoms with Crippen molar-refractivity contribution in [1.29, 1.82) is 0 Å². The van der Waals surface area contributed by atoms with Crippen LogP contribution < -0.4 is 20.8 Å². The van der Waals surface area contributed by atoms with Crippen molar-refractivity contribution >= 4 is 5.91 Å². The molecule has 12 heteroatoms. The lowest BCUT2D eigenvalue weighted by molar-refractivity contribution is -0.289. The maximum Gasteiger partial charge on any atom is 0.458 e. The number of aromatic amines is 1. The number of carbonyl (C=O) groups excluding carboxylic acids is 1. The molecule has 0 atom stereocenters. The minimum Gasteiger partial charge on any atom is -0.493 e. The number of hydrogen-bond donors (Lipinski definition) is 2. The van der Waals surface area contributed by atoms with Crippen molar-refractivity contribution in [3.63, 3.8) is 0 Å². The summed E-state index contributed by atoms with van der Waals surface area (Å²) in [5.74, 6) is -8.78. The molecule has 0 aliphatic carbocycles. The van der Waals surface area contributed by atoms with Crippen LogP contribution in [0.2, 0.25) is 0 Å². The zero-order chi connectivity index (χ0) is 24.6. The van der Waals surface area contributed by atoms with Crippen LogP contribution in [-0.2, 0) is 5.92 Å². The van der Waals surface area contributed by atoms with Crippen LogP contribution in [0.15, 0.2) is 53.5 Å². The van der Waals surface area contributed by atoms with E-state index in [2.05, 4.69) is 4.98 Å². The summed E-state index contributed by atoms with van der Waals surface area (Å²) in [6, 6.07) is 5.56. The second-order valence-corrected chi connectivity index (χ2v) is 6.64. The quantitative estimate of drug-likeness (QED) is 0.507. The maximum atomic E-state index is 14.5. The number of rotatable bonds is 6. The van der Waals surface area contributed by atoms with Crippen LogP contribution in [0.5, 0.6) is 17.2 Å². The highest BCUT2D eigenvalue weighted by Gasteiger charge is 2.60. The fraction of sp³-hybridized carbons (Fsp3) is 0.143. The van der Waals surface area contributed by atoms with Gasteiger partial charge >= 0.3 is 12.1 Å². The molecule has 3 aromatic rings. The lowest BCUT2D eigenvalue weighted by Crippen LogP contribution is -2.34. The predicted molar refractivity (Wildman–Crippen MR) is 104 cm³/mol. The molecular formula is C21H14F6N2O4. The van der Waals surface area contributed by atoms with Gasteiger partial charge in [0.05, 0.1) is 12.7 Å². The Labute approximate surface area is 181 Å². The van der Waals surface area contributed by atoms with Crippen molar-refractivity contribution in [3.8, 4) is 28.4 Å². The van der Waals surface area contributed by atoms with Crippen molar-refractivity contribution in [2.75, 3.05) is 7.11 Å². The van der Waals surface area contributed by atoms with E-state index in [0.29, 0.717) is 12.1 Å². The van der Waals surface area contributed by atoms with Gasteiger partial charge in [0.1, 0.15) is 11.6 Å². The number of pyridine rings is 1. The summed E-state index contributed by atoms with van der Waals surface area (Å²) in [6.45, 7) is 0. The normalized spacial score (nSPS) is 11.8. The first-order valence-corrected chi connectivity index (χ1v) is 8.99. The van der Waals surface area contributed by atoms with E-state index in [4.69, 9.17) is 15.2 Å². The van der Waals surface area contributed by atoms with E-state index >= 15 is 0 Å². The Morgan fingerprint density at radius 3 is 2.27 bits per heavy atom. The first-order valence-electron chi connectivity index (χ1n) is 8.99. The molecule has 0 spiro atoms. The van der Waals surface area contributed by atoms with Gasteiger partial charge in [0, 0.05) is 29.5 Å². The van der Waals surface area contributed by atoms with Gasteiger partial charge in [0.2, 0.25) is 5.56 Å². The monoisotopic (exact) mass is 472 g/mol. The molecule has 0 saturated carbocycles. The van der Waals surface area contributed by atoms with Gasteiger partial charge in [-0.1, -0.05) is 6.07 Å². The number of carbonyl (C=O) groups is 1. The third kappa shape index (κ3) is 4.49. The molecule has 3 rings (SSSR count). The third-order valence-electron chi connectivity index (χ3n) is 4.52.